The van der Waals surface area contributed by atoms with E-state index in [0.717, 1.165) is 6.54 Å². The molecule has 2 heteroatoms. The van der Waals surface area contributed by atoms with Crippen molar-refractivity contribution in [2.75, 3.05) is 13.1 Å². The second kappa shape index (κ2) is 2.76. The zero-order valence-electron chi connectivity index (χ0n) is 7.32. The molecule has 2 aliphatic rings. The molecule has 0 radical (unpaired) electrons. The summed E-state index contributed by atoms with van der Waals surface area (Å²) in [4.78, 5) is 0. The van der Waals surface area contributed by atoms with Gasteiger partial charge in [0.05, 0.1) is 0 Å². The van der Waals surface area contributed by atoms with Crippen LogP contribution >= 0.6 is 0 Å². The van der Waals surface area contributed by atoms with E-state index in [1.54, 1.807) is 0 Å². The van der Waals surface area contributed by atoms with Gasteiger partial charge in [0.2, 0.25) is 0 Å². The fourth-order valence-corrected chi connectivity index (χ4v) is 2.28. The SMILES string of the molecule is C[C@@H]1CNC2(CCCC2)CN1. The number of hydrogen-bond donors (Lipinski definition) is 2. The number of piperazine rings is 1. The minimum absolute atomic E-state index is 0.493. The summed E-state index contributed by atoms with van der Waals surface area (Å²) in [7, 11) is 0. The molecule has 2 fully saturated rings. The highest BCUT2D eigenvalue weighted by Gasteiger charge is 2.35. The van der Waals surface area contributed by atoms with E-state index in [-0.39, 0.29) is 0 Å². The average Bonchev–Trinajstić information content (AvgIpc) is 2.45. The van der Waals surface area contributed by atoms with E-state index in [0.29, 0.717) is 11.6 Å². The topological polar surface area (TPSA) is 24.1 Å². The minimum atomic E-state index is 0.493. The van der Waals surface area contributed by atoms with E-state index < -0.39 is 0 Å². The van der Waals surface area contributed by atoms with Crippen LogP contribution in [-0.2, 0) is 0 Å². The standard InChI is InChI=1S/C9H18N2/c1-8-6-11-9(7-10-8)4-2-3-5-9/h8,10-11H,2-7H2,1H3/t8-/m1/s1. The molecule has 1 aliphatic carbocycles. The second-order valence-corrected chi connectivity index (χ2v) is 4.15. The smallest absolute Gasteiger partial charge is 0.0307 e. The highest BCUT2D eigenvalue weighted by Crippen LogP contribution is 2.30. The van der Waals surface area contributed by atoms with Gasteiger partial charge in [-0.1, -0.05) is 12.8 Å². The van der Waals surface area contributed by atoms with Crippen molar-refractivity contribution in [3.05, 3.63) is 0 Å². The molecule has 2 rings (SSSR count). The van der Waals surface area contributed by atoms with Crippen LogP contribution in [0.15, 0.2) is 0 Å². The lowest BCUT2D eigenvalue weighted by Crippen LogP contribution is -2.60. The third kappa shape index (κ3) is 1.42. The molecule has 1 aliphatic heterocycles. The van der Waals surface area contributed by atoms with Crippen LogP contribution in [-0.4, -0.2) is 24.7 Å². The van der Waals surface area contributed by atoms with E-state index in [4.69, 9.17) is 0 Å². The molecule has 2 nitrogen and oxygen atoms in total. The molecule has 11 heavy (non-hydrogen) atoms. The average molecular weight is 154 g/mol. The summed E-state index contributed by atoms with van der Waals surface area (Å²) in [6, 6.07) is 0.668. The molecule has 2 N–H and O–H groups in total. The summed E-state index contributed by atoms with van der Waals surface area (Å²) in [6.07, 6.45) is 5.60. The van der Waals surface area contributed by atoms with Crippen LogP contribution in [0.5, 0.6) is 0 Å². The van der Waals surface area contributed by atoms with Crippen molar-refractivity contribution in [1.29, 1.82) is 0 Å². The number of hydrogen-bond acceptors (Lipinski definition) is 2. The molecule has 0 unspecified atom stereocenters. The quantitative estimate of drug-likeness (QED) is 0.541. The van der Waals surface area contributed by atoms with Gasteiger partial charge in [0.1, 0.15) is 0 Å². The van der Waals surface area contributed by atoms with Crippen LogP contribution in [0.1, 0.15) is 32.6 Å². The van der Waals surface area contributed by atoms with Gasteiger partial charge in [-0.3, -0.25) is 0 Å². The van der Waals surface area contributed by atoms with Crippen LogP contribution in [0.3, 0.4) is 0 Å². The highest BCUT2D eigenvalue weighted by atomic mass is 15.1. The fourth-order valence-electron chi connectivity index (χ4n) is 2.28. The minimum Gasteiger partial charge on any atom is -0.311 e. The number of nitrogens with one attached hydrogen (secondary N) is 2. The first kappa shape index (κ1) is 7.56. The lowest BCUT2D eigenvalue weighted by molar-refractivity contribution is 0.246. The van der Waals surface area contributed by atoms with E-state index in [1.807, 2.05) is 0 Å². The van der Waals surface area contributed by atoms with Gasteiger partial charge in [0, 0.05) is 24.7 Å². The van der Waals surface area contributed by atoms with Gasteiger partial charge in [0.25, 0.3) is 0 Å². The van der Waals surface area contributed by atoms with Crippen LogP contribution in [0, 0.1) is 0 Å². The normalized spacial score (nSPS) is 36.3. The highest BCUT2D eigenvalue weighted by molar-refractivity contribution is 4.98. The first-order valence-electron chi connectivity index (χ1n) is 4.79. The van der Waals surface area contributed by atoms with E-state index in [9.17, 15) is 0 Å². The van der Waals surface area contributed by atoms with E-state index in [2.05, 4.69) is 17.6 Å². The maximum absolute atomic E-state index is 3.68. The van der Waals surface area contributed by atoms with Crippen molar-refractivity contribution >= 4 is 0 Å². The van der Waals surface area contributed by atoms with Crippen molar-refractivity contribution in [2.45, 2.75) is 44.2 Å². The summed E-state index contributed by atoms with van der Waals surface area (Å²) >= 11 is 0. The third-order valence-corrected chi connectivity index (χ3v) is 3.13. The molecule has 1 saturated heterocycles. The van der Waals surface area contributed by atoms with Gasteiger partial charge in [-0.15, -0.1) is 0 Å². The lowest BCUT2D eigenvalue weighted by atomic mass is 9.94. The maximum Gasteiger partial charge on any atom is 0.0307 e. The summed E-state index contributed by atoms with van der Waals surface area (Å²) < 4.78 is 0. The Morgan fingerprint density at radius 1 is 1.27 bits per heavy atom. The van der Waals surface area contributed by atoms with Crippen LogP contribution in [0.4, 0.5) is 0 Å². The Balaban J connectivity index is 1.94. The van der Waals surface area contributed by atoms with Crippen molar-refractivity contribution in [2.24, 2.45) is 0 Å². The molecule has 1 atom stereocenters. The molecule has 64 valence electrons. The lowest BCUT2D eigenvalue weighted by Gasteiger charge is -2.38. The Morgan fingerprint density at radius 3 is 2.55 bits per heavy atom. The molecule has 0 aromatic heterocycles. The summed E-state index contributed by atoms with van der Waals surface area (Å²) in [5.41, 5.74) is 0.493. The predicted octanol–water partition coefficient (Wildman–Crippen LogP) is 0.881. The maximum atomic E-state index is 3.68. The van der Waals surface area contributed by atoms with Gasteiger partial charge in [-0.2, -0.15) is 0 Å². The van der Waals surface area contributed by atoms with Gasteiger partial charge in [0.15, 0.2) is 0 Å². The Bertz CT molecular complexity index is 128. The third-order valence-electron chi connectivity index (χ3n) is 3.13. The van der Waals surface area contributed by atoms with Gasteiger partial charge in [-0.05, 0) is 19.8 Å². The molecule has 1 spiro atoms. The molecule has 1 heterocycles. The Hall–Kier alpha value is -0.0800. The zero-order chi connectivity index (χ0) is 7.73. The van der Waals surface area contributed by atoms with Gasteiger partial charge in [-0.25, -0.2) is 0 Å². The first-order chi connectivity index (χ1) is 5.31. The summed E-state index contributed by atoms with van der Waals surface area (Å²) in [5, 5.41) is 7.23. The first-order valence-corrected chi connectivity index (χ1v) is 4.79. The molecule has 0 amide bonds. The number of rotatable bonds is 0. The zero-order valence-corrected chi connectivity index (χ0v) is 7.32. The Labute approximate surface area is 68.7 Å². The van der Waals surface area contributed by atoms with Gasteiger partial charge >= 0.3 is 0 Å². The van der Waals surface area contributed by atoms with Crippen LogP contribution < -0.4 is 10.6 Å². The molecular formula is C9H18N2. The molecule has 0 aromatic carbocycles. The second-order valence-electron chi connectivity index (χ2n) is 4.15. The van der Waals surface area contributed by atoms with Crippen molar-refractivity contribution in [1.82, 2.24) is 10.6 Å². The van der Waals surface area contributed by atoms with E-state index >= 15 is 0 Å². The van der Waals surface area contributed by atoms with Crippen LogP contribution in [0.2, 0.25) is 0 Å². The Morgan fingerprint density at radius 2 is 2.00 bits per heavy atom. The van der Waals surface area contributed by atoms with Crippen molar-refractivity contribution < 1.29 is 0 Å². The largest absolute Gasteiger partial charge is 0.311 e. The summed E-state index contributed by atoms with van der Waals surface area (Å²) in [6.45, 7) is 4.59. The molecular weight excluding hydrogens is 136 g/mol. The monoisotopic (exact) mass is 154 g/mol. The molecule has 1 saturated carbocycles. The van der Waals surface area contributed by atoms with E-state index in [1.165, 1.54) is 32.2 Å². The molecule has 0 bridgehead atoms. The van der Waals surface area contributed by atoms with Crippen molar-refractivity contribution in [3.8, 4) is 0 Å². The predicted molar refractivity (Wildman–Crippen MR) is 46.7 cm³/mol. The van der Waals surface area contributed by atoms with Crippen LogP contribution in [0.25, 0.3) is 0 Å². The summed E-state index contributed by atoms with van der Waals surface area (Å²) in [5.74, 6) is 0. The van der Waals surface area contributed by atoms with Gasteiger partial charge < -0.3 is 10.6 Å². The molecule has 0 aromatic rings. The van der Waals surface area contributed by atoms with Crippen molar-refractivity contribution in [3.63, 3.8) is 0 Å². The Kier molecular flexibility index (Phi) is 1.90. The fraction of sp³-hybridized carbons (Fsp3) is 1.00.